The highest BCUT2D eigenvalue weighted by Gasteiger charge is 2.82. The van der Waals surface area contributed by atoms with Crippen LogP contribution in [-0.2, 0) is 22.2 Å². The van der Waals surface area contributed by atoms with E-state index in [1.165, 1.54) is 30.5 Å². The average molecular weight is 488 g/mol. The third-order valence-corrected chi connectivity index (χ3v) is 11.7. The molecule has 2 aromatic carbocycles. The van der Waals surface area contributed by atoms with Crippen molar-refractivity contribution < 1.29 is 19.7 Å². The van der Waals surface area contributed by atoms with Crippen LogP contribution in [-0.4, -0.2) is 53.1 Å². The number of nitrogens with zero attached hydrogens (tertiary/aromatic N) is 1. The van der Waals surface area contributed by atoms with Crippen molar-refractivity contribution in [3.8, 4) is 11.5 Å². The fourth-order valence-corrected chi connectivity index (χ4v) is 10.0. The van der Waals surface area contributed by atoms with Gasteiger partial charge in [-0.3, -0.25) is 4.90 Å². The van der Waals surface area contributed by atoms with Crippen LogP contribution >= 0.6 is 0 Å². The molecule has 9 rings (SSSR count). The Hall–Kier alpha value is -2.08. The maximum Gasteiger partial charge on any atom is 0.165 e. The van der Waals surface area contributed by atoms with Crippen molar-refractivity contribution in [3.05, 3.63) is 59.2 Å². The summed E-state index contributed by atoms with van der Waals surface area (Å²) >= 11 is 0. The van der Waals surface area contributed by atoms with Crippen molar-refractivity contribution in [2.24, 2.45) is 17.3 Å². The van der Waals surface area contributed by atoms with Crippen LogP contribution in [0.2, 0.25) is 0 Å². The molecular formula is C31H37NO4. The van der Waals surface area contributed by atoms with Crippen LogP contribution in [0.1, 0.15) is 62.1 Å². The van der Waals surface area contributed by atoms with Gasteiger partial charge in [0.05, 0.1) is 5.60 Å². The molecule has 1 saturated heterocycles. The van der Waals surface area contributed by atoms with E-state index in [4.69, 9.17) is 9.47 Å². The minimum Gasteiger partial charge on any atom is -0.504 e. The summed E-state index contributed by atoms with van der Waals surface area (Å²) in [5, 5.41) is 23.3. The summed E-state index contributed by atoms with van der Waals surface area (Å²) in [5.74, 6) is 1.69. The fraction of sp³-hybridized carbons (Fsp3) is 0.613. The highest BCUT2D eigenvalue weighted by Crippen LogP contribution is 2.78. The summed E-state index contributed by atoms with van der Waals surface area (Å²) in [4.78, 5) is 2.81. The van der Waals surface area contributed by atoms with Crippen LogP contribution in [0.4, 0.5) is 0 Å². The van der Waals surface area contributed by atoms with E-state index in [0.717, 1.165) is 50.1 Å². The molecule has 5 heteroatoms. The normalized spacial score (nSPS) is 41.5. The number of hydrogen-bond donors (Lipinski definition) is 2. The Labute approximate surface area is 213 Å². The van der Waals surface area contributed by atoms with E-state index < -0.39 is 11.2 Å². The topological polar surface area (TPSA) is 62.2 Å². The van der Waals surface area contributed by atoms with Crippen LogP contribution in [0.25, 0.3) is 0 Å². The monoisotopic (exact) mass is 487 g/mol. The van der Waals surface area contributed by atoms with Gasteiger partial charge in [-0.1, -0.05) is 36.4 Å². The molecule has 2 aliphatic heterocycles. The maximum absolute atomic E-state index is 12.3. The van der Waals surface area contributed by atoms with Crippen molar-refractivity contribution in [1.29, 1.82) is 0 Å². The maximum atomic E-state index is 12.3. The van der Waals surface area contributed by atoms with Gasteiger partial charge in [0.25, 0.3) is 0 Å². The van der Waals surface area contributed by atoms with Gasteiger partial charge in [0.2, 0.25) is 0 Å². The van der Waals surface area contributed by atoms with Crippen LogP contribution in [0.5, 0.6) is 11.5 Å². The number of methoxy groups -OCH3 is 1. The highest BCUT2D eigenvalue weighted by molar-refractivity contribution is 5.63. The van der Waals surface area contributed by atoms with Crippen molar-refractivity contribution in [3.63, 3.8) is 0 Å². The van der Waals surface area contributed by atoms with E-state index in [9.17, 15) is 10.2 Å². The van der Waals surface area contributed by atoms with Gasteiger partial charge in [-0.25, -0.2) is 0 Å². The van der Waals surface area contributed by atoms with Crippen molar-refractivity contribution in [2.45, 2.75) is 80.6 Å². The first-order valence-electron chi connectivity index (χ1n) is 14.0. The highest BCUT2D eigenvalue weighted by atomic mass is 16.6. The number of aromatic hydroxyl groups is 1. The third kappa shape index (κ3) is 2.35. The molecule has 1 unspecified atom stereocenters. The Balaban J connectivity index is 1.36. The zero-order valence-corrected chi connectivity index (χ0v) is 21.4. The summed E-state index contributed by atoms with van der Waals surface area (Å²) in [6, 6.07) is 14.6. The van der Waals surface area contributed by atoms with E-state index in [0.29, 0.717) is 11.8 Å². The van der Waals surface area contributed by atoms with Crippen molar-refractivity contribution >= 4 is 0 Å². The van der Waals surface area contributed by atoms with Gasteiger partial charge in [-0.15, -0.1) is 0 Å². The second-order valence-electron chi connectivity index (χ2n) is 12.9. The Kier molecular flexibility index (Phi) is 4.18. The first-order valence-corrected chi connectivity index (χ1v) is 14.0. The number of phenolic OH excluding ortho intramolecular Hbond substituents is 1. The largest absolute Gasteiger partial charge is 0.504 e. The summed E-state index contributed by atoms with van der Waals surface area (Å²) in [7, 11) is 1.82. The zero-order valence-electron chi connectivity index (χ0n) is 21.4. The first kappa shape index (κ1) is 22.0. The molecule has 7 atom stereocenters. The van der Waals surface area contributed by atoms with Gasteiger partial charge in [0.1, 0.15) is 11.7 Å². The lowest BCUT2D eigenvalue weighted by atomic mass is 9.33. The molecular weight excluding hydrogens is 450 g/mol. The van der Waals surface area contributed by atoms with Gasteiger partial charge in [-0.2, -0.15) is 0 Å². The lowest BCUT2D eigenvalue weighted by Gasteiger charge is -2.75. The number of aliphatic hydroxyl groups is 1. The number of phenols is 1. The van der Waals surface area contributed by atoms with E-state index >= 15 is 0 Å². The molecule has 4 bridgehead atoms. The molecule has 36 heavy (non-hydrogen) atoms. The molecule has 5 fully saturated rings. The minimum atomic E-state index is -1.05. The Morgan fingerprint density at radius 2 is 1.92 bits per heavy atom. The standard InChI is InChI=1S/C31H37NO4/c1-28(34,21-6-4-3-5-7-21)23-17-29-12-13-31(23,35-2)27-30(29)14-15-32(18-19-8-9-19)24(29)16-20-10-11-22(33)26(36-27)25(20)30/h3-7,10-11,19,23-24,27,33-34H,8-9,12-18H2,1-2H3/t23?,24-,27-,28+,29-,30+,31-/m0/s1. The molecule has 2 N–H and O–H groups in total. The Morgan fingerprint density at radius 1 is 1.11 bits per heavy atom. The number of benzene rings is 2. The summed E-state index contributed by atoms with van der Waals surface area (Å²) in [5.41, 5.74) is 1.73. The summed E-state index contributed by atoms with van der Waals surface area (Å²) < 4.78 is 13.5. The molecule has 5 nitrogen and oxygen atoms in total. The van der Waals surface area contributed by atoms with Crippen LogP contribution < -0.4 is 4.74 Å². The number of rotatable bonds is 5. The van der Waals surface area contributed by atoms with Crippen LogP contribution in [0.15, 0.2) is 42.5 Å². The molecule has 4 saturated carbocycles. The molecule has 190 valence electrons. The average Bonchev–Trinajstić information content (AvgIpc) is 3.64. The van der Waals surface area contributed by atoms with Gasteiger partial charge in [0.15, 0.2) is 11.5 Å². The molecule has 2 heterocycles. The van der Waals surface area contributed by atoms with Crippen molar-refractivity contribution in [2.75, 3.05) is 20.2 Å². The summed E-state index contributed by atoms with van der Waals surface area (Å²) in [6.07, 6.45) is 7.45. The van der Waals surface area contributed by atoms with E-state index in [-0.39, 0.29) is 28.6 Å². The summed E-state index contributed by atoms with van der Waals surface area (Å²) in [6.45, 7) is 4.27. The van der Waals surface area contributed by atoms with E-state index in [2.05, 4.69) is 11.0 Å². The van der Waals surface area contributed by atoms with E-state index in [1.54, 1.807) is 0 Å². The van der Waals surface area contributed by atoms with Gasteiger partial charge < -0.3 is 19.7 Å². The molecule has 2 aromatic rings. The lowest BCUT2D eigenvalue weighted by Crippen LogP contribution is -2.82. The minimum absolute atomic E-state index is 0.000563. The second kappa shape index (κ2) is 6.86. The fourth-order valence-electron chi connectivity index (χ4n) is 10.0. The zero-order chi connectivity index (χ0) is 24.5. The lowest BCUT2D eigenvalue weighted by molar-refractivity contribution is -0.304. The van der Waals surface area contributed by atoms with Crippen LogP contribution in [0, 0.1) is 17.3 Å². The third-order valence-electron chi connectivity index (χ3n) is 11.7. The number of piperidine rings is 1. The SMILES string of the molecule is CO[C@@]12CC[C@]3(CC1[C@](C)(O)c1ccccc1)[C@@H]1Cc4ccc(O)c5c4[C@]3(CCN1CC1CC1)[C@@H]2O5. The second-order valence-corrected chi connectivity index (χ2v) is 12.9. The Morgan fingerprint density at radius 3 is 2.67 bits per heavy atom. The molecule has 0 radical (unpaired) electrons. The Bertz CT molecular complexity index is 1240. The smallest absolute Gasteiger partial charge is 0.165 e. The number of fused-ring (bicyclic) bond motifs is 2. The first-order chi connectivity index (χ1) is 17.4. The molecule has 0 aromatic heterocycles. The number of likely N-dealkylation sites (tertiary alicyclic amines) is 1. The van der Waals surface area contributed by atoms with Crippen molar-refractivity contribution in [1.82, 2.24) is 4.90 Å². The predicted molar refractivity (Wildman–Crippen MR) is 136 cm³/mol. The van der Waals surface area contributed by atoms with E-state index in [1.807, 2.05) is 50.4 Å². The van der Waals surface area contributed by atoms with Gasteiger partial charge >= 0.3 is 0 Å². The molecule has 5 aliphatic carbocycles. The molecule has 7 aliphatic rings. The predicted octanol–water partition coefficient (Wildman–Crippen LogP) is 4.52. The van der Waals surface area contributed by atoms with Crippen LogP contribution in [0.3, 0.4) is 0 Å². The molecule has 0 amide bonds. The van der Waals surface area contributed by atoms with Gasteiger partial charge in [0, 0.05) is 42.0 Å². The number of hydrogen-bond acceptors (Lipinski definition) is 5. The molecule has 2 spiro atoms. The van der Waals surface area contributed by atoms with Gasteiger partial charge in [-0.05, 0) is 81.5 Å². The quantitative estimate of drug-likeness (QED) is 0.649. The number of ether oxygens (including phenoxy) is 2.